The molecule has 27 heavy (non-hydrogen) atoms. The maximum Gasteiger partial charge on any atom is 0.103 e. The molecule has 0 aromatic carbocycles. The summed E-state index contributed by atoms with van der Waals surface area (Å²) in [5.74, 6) is 0. The SMILES string of the molecule is CC(C)OCc1nn(C)c(CO)c1Br.CCOCc1nn(C)c(CO)c1Br. The molecule has 0 fully saturated rings. The number of halogens is 2. The van der Waals surface area contributed by atoms with Gasteiger partial charge in [-0.1, -0.05) is 0 Å². The van der Waals surface area contributed by atoms with Gasteiger partial charge in [-0.05, 0) is 52.6 Å². The number of aliphatic hydroxyl groups excluding tert-OH is 2. The van der Waals surface area contributed by atoms with E-state index in [9.17, 15) is 0 Å². The number of aliphatic hydroxyl groups is 2. The van der Waals surface area contributed by atoms with Crippen molar-refractivity contribution in [1.82, 2.24) is 19.6 Å². The zero-order valence-electron chi connectivity index (χ0n) is 16.4. The predicted octanol–water partition coefficient (Wildman–Crippen LogP) is 2.81. The second-order valence-electron chi connectivity index (χ2n) is 5.98. The monoisotopic (exact) mass is 510 g/mol. The van der Waals surface area contributed by atoms with Crippen molar-refractivity contribution in [3.63, 3.8) is 0 Å². The second-order valence-corrected chi connectivity index (χ2v) is 7.56. The normalized spacial score (nSPS) is 11.0. The Hall–Kier alpha value is -0.780. The fourth-order valence-corrected chi connectivity index (χ4v) is 3.31. The molecule has 0 bridgehead atoms. The molecule has 0 saturated heterocycles. The van der Waals surface area contributed by atoms with Crippen LogP contribution in [0, 0.1) is 0 Å². The number of hydrogen-bond donors (Lipinski definition) is 2. The van der Waals surface area contributed by atoms with Gasteiger partial charge in [0.1, 0.15) is 11.4 Å². The van der Waals surface area contributed by atoms with E-state index in [1.165, 1.54) is 0 Å². The van der Waals surface area contributed by atoms with Gasteiger partial charge in [-0.3, -0.25) is 9.36 Å². The molecule has 2 N–H and O–H groups in total. The fourth-order valence-electron chi connectivity index (χ4n) is 2.16. The highest BCUT2D eigenvalue weighted by Gasteiger charge is 2.13. The Morgan fingerprint density at radius 2 is 1.37 bits per heavy atom. The van der Waals surface area contributed by atoms with Crippen molar-refractivity contribution in [2.45, 2.75) is 53.3 Å². The molecular weight excluding hydrogens is 484 g/mol. The van der Waals surface area contributed by atoms with Crippen molar-refractivity contribution < 1.29 is 19.7 Å². The highest BCUT2D eigenvalue weighted by Crippen LogP contribution is 2.22. The maximum atomic E-state index is 9.06. The lowest BCUT2D eigenvalue weighted by molar-refractivity contribution is 0.0630. The van der Waals surface area contributed by atoms with E-state index >= 15 is 0 Å². The van der Waals surface area contributed by atoms with Crippen molar-refractivity contribution >= 4 is 31.9 Å². The quantitative estimate of drug-likeness (QED) is 0.566. The maximum absolute atomic E-state index is 9.06. The van der Waals surface area contributed by atoms with Crippen LogP contribution in [0.1, 0.15) is 43.5 Å². The summed E-state index contributed by atoms with van der Waals surface area (Å²) in [6, 6.07) is 0. The number of aromatic nitrogens is 4. The van der Waals surface area contributed by atoms with Crippen molar-refractivity contribution in [3.05, 3.63) is 31.7 Å². The Kier molecular flexibility index (Phi) is 10.7. The van der Waals surface area contributed by atoms with Crippen LogP contribution in [0.5, 0.6) is 0 Å². The van der Waals surface area contributed by atoms with Gasteiger partial charge in [0.15, 0.2) is 0 Å². The Bertz CT molecular complexity index is 716. The van der Waals surface area contributed by atoms with E-state index in [1.54, 1.807) is 23.5 Å². The first-order valence-electron chi connectivity index (χ1n) is 8.58. The molecule has 0 amide bonds. The number of ether oxygens (including phenoxy) is 2. The van der Waals surface area contributed by atoms with Crippen LogP contribution in [0.15, 0.2) is 8.95 Å². The third-order valence-electron chi connectivity index (χ3n) is 3.63. The molecule has 154 valence electrons. The Morgan fingerprint density at radius 1 is 0.926 bits per heavy atom. The van der Waals surface area contributed by atoms with E-state index in [0.29, 0.717) is 19.8 Å². The van der Waals surface area contributed by atoms with Crippen LogP contribution in [-0.4, -0.2) is 42.5 Å². The van der Waals surface area contributed by atoms with Crippen LogP contribution in [-0.2, 0) is 50.0 Å². The van der Waals surface area contributed by atoms with E-state index in [1.807, 2.05) is 20.8 Å². The highest BCUT2D eigenvalue weighted by molar-refractivity contribution is 9.10. The molecule has 0 aliphatic rings. The summed E-state index contributed by atoms with van der Waals surface area (Å²) < 4.78 is 15.6. The minimum Gasteiger partial charge on any atom is -0.390 e. The summed E-state index contributed by atoms with van der Waals surface area (Å²) in [5.41, 5.74) is 3.20. The first-order valence-corrected chi connectivity index (χ1v) is 10.2. The molecule has 0 aliphatic carbocycles. The van der Waals surface area contributed by atoms with E-state index in [2.05, 4.69) is 42.1 Å². The Labute approximate surface area is 176 Å². The minimum absolute atomic E-state index is 0.0177. The molecular formula is C17H28Br2N4O4. The topological polar surface area (TPSA) is 94.6 Å². The highest BCUT2D eigenvalue weighted by atomic mass is 79.9. The van der Waals surface area contributed by atoms with E-state index in [0.717, 1.165) is 31.7 Å². The van der Waals surface area contributed by atoms with E-state index < -0.39 is 0 Å². The summed E-state index contributed by atoms with van der Waals surface area (Å²) in [7, 11) is 3.60. The van der Waals surface area contributed by atoms with Crippen LogP contribution >= 0.6 is 31.9 Å². The molecule has 0 saturated carbocycles. The van der Waals surface area contributed by atoms with Crippen LogP contribution in [0.25, 0.3) is 0 Å². The standard InChI is InChI=1S/C9H15BrN2O2.C8H13BrN2O2/c1-6(2)14-5-7-9(10)8(4-13)12(3)11-7;1-3-13-5-6-8(9)7(4-12)11(2)10-6/h6,13H,4-5H2,1-3H3;12H,3-5H2,1-2H3. The van der Waals surface area contributed by atoms with Gasteiger partial charge < -0.3 is 19.7 Å². The molecule has 0 aliphatic heterocycles. The van der Waals surface area contributed by atoms with E-state index in [4.69, 9.17) is 19.7 Å². The zero-order chi connectivity index (χ0) is 20.6. The van der Waals surface area contributed by atoms with Gasteiger partial charge in [0.25, 0.3) is 0 Å². The smallest absolute Gasteiger partial charge is 0.103 e. The van der Waals surface area contributed by atoms with Crippen LogP contribution in [0.4, 0.5) is 0 Å². The molecule has 0 radical (unpaired) electrons. The molecule has 10 heteroatoms. The average molecular weight is 512 g/mol. The number of rotatable bonds is 8. The summed E-state index contributed by atoms with van der Waals surface area (Å²) in [5, 5.41) is 26.5. The van der Waals surface area contributed by atoms with Crippen molar-refractivity contribution in [1.29, 1.82) is 0 Å². The van der Waals surface area contributed by atoms with Gasteiger partial charge in [-0.2, -0.15) is 10.2 Å². The largest absolute Gasteiger partial charge is 0.390 e. The number of hydrogen-bond acceptors (Lipinski definition) is 6. The molecule has 2 aromatic rings. The molecule has 2 rings (SSSR count). The van der Waals surface area contributed by atoms with Gasteiger partial charge in [-0.25, -0.2) is 0 Å². The average Bonchev–Trinajstić information content (AvgIpc) is 3.06. The molecule has 0 unspecified atom stereocenters. The summed E-state index contributed by atoms with van der Waals surface area (Å²) in [4.78, 5) is 0. The molecule has 2 aromatic heterocycles. The van der Waals surface area contributed by atoms with Crippen molar-refractivity contribution in [2.75, 3.05) is 6.61 Å². The molecule has 8 nitrogen and oxygen atoms in total. The summed E-state index contributed by atoms with van der Waals surface area (Å²) in [6.45, 7) is 7.45. The third-order valence-corrected chi connectivity index (χ3v) is 5.46. The minimum atomic E-state index is -0.0221. The zero-order valence-corrected chi connectivity index (χ0v) is 19.5. The lowest BCUT2D eigenvalue weighted by Crippen LogP contribution is -2.03. The first-order chi connectivity index (χ1) is 12.8. The third kappa shape index (κ3) is 6.95. The van der Waals surface area contributed by atoms with Gasteiger partial charge in [0.05, 0.1) is 52.9 Å². The fraction of sp³-hybridized carbons (Fsp3) is 0.647. The van der Waals surface area contributed by atoms with Crippen molar-refractivity contribution in [3.8, 4) is 0 Å². The molecule has 0 spiro atoms. The number of aryl methyl sites for hydroxylation is 2. The molecule has 0 atom stereocenters. The summed E-state index contributed by atoms with van der Waals surface area (Å²) in [6.07, 6.45) is 0.182. The van der Waals surface area contributed by atoms with Crippen LogP contribution in [0.2, 0.25) is 0 Å². The lowest BCUT2D eigenvalue weighted by atomic mass is 10.3. The molecule has 2 heterocycles. The van der Waals surface area contributed by atoms with Crippen LogP contribution < -0.4 is 0 Å². The van der Waals surface area contributed by atoms with Crippen molar-refractivity contribution in [2.24, 2.45) is 14.1 Å². The van der Waals surface area contributed by atoms with Gasteiger partial charge in [-0.15, -0.1) is 0 Å². The van der Waals surface area contributed by atoms with Crippen LogP contribution in [0.3, 0.4) is 0 Å². The van der Waals surface area contributed by atoms with E-state index in [-0.39, 0.29) is 19.3 Å². The Morgan fingerprint density at radius 3 is 1.70 bits per heavy atom. The number of nitrogens with zero attached hydrogens (tertiary/aromatic N) is 4. The van der Waals surface area contributed by atoms with Gasteiger partial charge in [0, 0.05) is 20.7 Å². The van der Waals surface area contributed by atoms with Gasteiger partial charge >= 0.3 is 0 Å². The lowest BCUT2D eigenvalue weighted by Gasteiger charge is -2.04. The first kappa shape index (κ1) is 24.3. The summed E-state index contributed by atoms with van der Waals surface area (Å²) >= 11 is 6.76. The second kappa shape index (κ2) is 11.9. The van der Waals surface area contributed by atoms with Gasteiger partial charge in [0.2, 0.25) is 0 Å². The Balaban J connectivity index is 0.000000271. The predicted molar refractivity (Wildman–Crippen MR) is 109 cm³/mol.